The lowest BCUT2D eigenvalue weighted by Gasteiger charge is -2.17. The number of rotatable bonds is 13. The molecule has 0 aliphatic heterocycles. The third-order valence-electron chi connectivity index (χ3n) is 7.63. The van der Waals surface area contributed by atoms with E-state index < -0.39 is 11.9 Å². The Balaban J connectivity index is 1.82. The molecule has 8 heteroatoms. The normalized spacial score (nSPS) is 12.3. The SMILES string of the molecule is CCCCC(CC)Cn1c2ccc(C(=O)/C(CC)=N/OC(C)=O)cc2c2cc(C(=O)c3ccc(OC(C)=O)cc3)ccc21. The number of carbonyl (C=O) groups excluding carboxylic acids is 4. The van der Waals surface area contributed by atoms with Gasteiger partial charge in [0, 0.05) is 58.9 Å². The van der Waals surface area contributed by atoms with Crippen LogP contribution >= 0.6 is 0 Å². The minimum atomic E-state index is -0.593. The maximum Gasteiger partial charge on any atom is 0.331 e. The summed E-state index contributed by atoms with van der Waals surface area (Å²) in [6.07, 6.45) is 4.76. The quantitative estimate of drug-likeness (QED) is 0.0400. The highest BCUT2D eigenvalue weighted by atomic mass is 16.7. The third kappa shape index (κ3) is 7.25. The van der Waals surface area contributed by atoms with Crippen LogP contribution in [0.25, 0.3) is 21.8 Å². The van der Waals surface area contributed by atoms with E-state index in [1.165, 1.54) is 13.8 Å². The lowest BCUT2D eigenvalue weighted by atomic mass is 9.99. The average Bonchev–Trinajstić information content (AvgIpc) is 3.30. The number of benzene rings is 3. The van der Waals surface area contributed by atoms with Gasteiger partial charge in [-0.1, -0.05) is 45.2 Å². The van der Waals surface area contributed by atoms with Crippen molar-refractivity contribution < 1.29 is 28.8 Å². The minimum absolute atomic E-state index is 0.150. The summed E-state index contributed by atoms with van der Waals surface area (Å²) in [5.41, 5.74) is 3.52. The molecule has 8 nitrogen and oxygen atoms in total. The van der Waals surface area contributed by atoms with Crippen LogP contribution in [0.3, 0.4) is 0 Å². The molecule has 4 rings (SSSR count). The summed E-state index contributed by atoms with van der Waals surface area (Å²) < 4.78 is 7.39. The zero-order valence-corrected chi connectivity index (χ0v) is 25.4. The van der Waals surface area contributed by atoms with E-state index in [0.717, 1.165) is 54.0 Å². The van der Waals surface area contributed by atoms with E-state index in [0.29, 0.717) is 34.8 Å². The first kappa shape index (κ1) is 31.3. The third-order valence-corrected chi connectivity index (χ3v) is 7.63. The highest BCUT2D eigenvalue weighted by Crippen LogP contribution is 2.33. The summed E-state index contributed by atoms with van der Waals surface area (Å²) in [5.74, 6) is -0.648. The first-order valence-corrected chi connectivity index (χ1v) is 14.8. The molecule has 0 aliphatic rings. The summed E-state index contributed by atoms with van der Waals surface area (Å²) in [7, 11) is 0. The van der Waals surface area contributed by atoms with E-state index in [2.05, 4.69) is 23.6 Å². The highest BCUT2D eigenvalue weighted by molar-refractivity contribution is 6.46. The molecule has 0 fully saturated rings. The molecule has 1 atom stereocenters. The number of unbranched alkanes of at least 4 members (excludes halogenated alkanes) is 1. The molecule has 0 spiro atoms. The monoisotopic (exact) mass is 582 g/mol. The molecule has 1 heterocycles. The Morgan fingerprint density at radius 3 is 1.95 bits per heavy atom. The molecule has 0 radical (unpaired) electrons. The molecule has 1 aromatic heterocycles. The second-order valence-corrected chi connectivity index (χ2v) is 10.7. The number of Topliss-reactive ketones (excluding diaryl/α,β-unsaturated/α-hetero) is 1. The standard InChI is InChI=1S/C35H38N2O6/c1-6-9-10-24(7-2)21-37-32-17-13-26(34(40)25-11-15-28(16-12-25)42-22(4)38)19-29(32)30-20-27(14-18-33(30)37)35(41)31(8-3)36-43-23(5)39/h11-20,24H,6-10,21H2,1-5H3/b36-31+. The van der Waals surface area contributed by atoms with Crippen LogP contribution in [0.5, 0.6) is 5.75 Å². The molecular weight excluding hydrogens is 544 g/mol. The van der Waals surface area contributed by atoms with E-state index in [1.807, 2.05) is 30.3 Å². The molecule has 0 saturated heterocycles. The average molecular weight is 583 g/mol. The van der Waals surface area contributed by atoms with Gasteiger partial charge in [-0.2, -0.15) is 0 Å². The second-order valence-electron chi connectivity index (χ2n) is 10.7. The van der Waals surface area contributed by atoms with Crippen LogP contribution in [0, 0.1) is 5.92 Å². The lowest BCUT2D eigenvalue weighted by molar-refractivity contribution is -0.141. The summed E-state index contributed by atoms with van der Waals surface area (Å²) in [6, 6.07) is 17.7. The van der Waals surface area contributed by atoms with Crippen molar-refractivity contribution in [1.29, 1.82) is 0 Å². The number of esters is 1. The lowest BCUT2D eigenvalue weighted by Crippen LogP contribution is -2.15. The number of oxime groups is 1. The van der Waals surface area contributed by atoms with Crippen LogP contribution in [0.15, 0.2) is 65.8 Å². The number of nitrogens with zero attached hydrogens (tertiary/aromatic N) is 2. The van der Waals surface area contributed by atoms with Crippen LogP contribution in [0.1, 0.15) is 93.0 Å². The van der Waals surface area contributed by atoms with Crippen molar-refractivity contribution in [2.24, 2.45) is 11.1 Å². The molecular formula is C35H38N2O6. The molecule has 4 aromatic rings. The predicted octanol–water partition coefficient (Wildman–Crippen LogP) is 7.68. The Hall–Kier alpha value is -4.59. The molecule has 43 heavy (non-hydrogen) atoms. The van der Waals surface area contributed by atoms with Crippen LogP contribution in [-0.4, -0.2) is 33.8 Å². The molecule has 3 aromatic carbocycles. The largest absolute Gasteiger partial charge is 0.427 e. The van der Waals surface area contributed by atoms with E-state index in [9.17, 15) is 19.2 Å². The molecule has 224 valence electrons. The first-order valence-electron chi connectivity index (χ1n) is 14.8. The zero-order valence-electron chi connectivity index (χ0n) is 25.4. The van der Waals surface area contributed by atoms with Crippen molar-refractivity contribution in [2.45, 2.75) is 73.3 Å². The smallest absolute Gasteiger partial charge is 0.331 e. The maximum absolute atomic E-state index is 13.5. The zero-order chi connectivity index (χ0) is 31.1. The molecule has 0 amide bonds. The van der Waals surface area contributed by atoms with Crippen LogP contribution < -0.4 is 4.74 Å². The molecule has 0 saturated carbocycles. The van der Waals surface area contributed by atoms with Crippen molar-refractivity contribution in [3.8, 4) is 5.75 Å². The van der Waals surface area contributed by atoms with Crippen molar-refractivity contribution in [3.05, 3.63) is 77.4 Å². The number of carbonyl (C=O) groups is 4. The molecule has 1 unspecified atom stereocenters. The fraction of sp³-hybridized carbons (Fsp3) is 0.343. The van der Waals surface area contributed by atoms with Gasteiger partial charge in [0.25, 0.3) is 0 Å². The Kier molecular flexibility index (Phi) is 10.2. The van der Waals surface area contributed by atoms with Crippen molar-refractivity contribution in [2.75, 3.05) is 0 Å². The van der Waals surface area contributed by atoms with Crippen LogP contribution in [0.4, 0.5) is 0 Å². The van der Waals surface area contributed by atoms with Crippen LogP contribution in [-0.2, 0) is 21.0 Å². The fourth-order valence-electron chi connectivity index (χ4n) is 5.32. The van der Waals surface area contributed by atoms with Gasteiger partial charge in [0.1, 0.15) is 11.5 Å². The Labute approximate surface area is 251 Å². The fourth-order valence-corrected chi connectivity index (χ4v) is 5.32. The molecule has 0 bridgehead atoms. The van der Waals surface area contributed by atoms with E-state index in [1.54, 1.807) is 37.3 Å². The summed E-state index contributed by atoms with van der Waals surface area (Å²) in [6.45, 7) is 9.57. The first-order chi connectivity index (χ1) is 20.7. The van der Waals surface area contributed by atoms with Gasteiger partial charge in [0.15, 0.2) is 5.78 Å². The number of hydrogen-bond donors (Lipinski definition) is 0. The van der Waals surface area contributed by atoms with Gasteiger partial charge in [0.05, 0.1) is 0 Å². The molecule has 0 aliphatic carbocycles. The van der Waals surface area contributed by atoms with Gasteiger partial charge < -0.3 is 14.1 Å². The Bertz CT molecular complexity index is 1700. The number of hydrogen-bond acceptors (Lipinski definition) is 7. The summed E-state index contributed by atoms with van der Waals surface area (Å²) in [5, 5.41) is 5.50. The molecule has 0 N–H and O–H groups in total. The van der Waals surface area contributed by atoms with Gasteiger partial charge in [-0.15, -0.1) is 0 Å². The van der Waals surface area contributed by atoms with E-state index in [4.69, 9.17) is 9.57 Å². The van der Waals surface area contributed by atoms with Gasteiger partial charge in [0.2, 0.25) is 5.78 Å². The second kappa shape index (κ2) is 14.1. The number of fused-ring (bicyclic) bond motifs is 3. The summed E-state index contributed by atoms with van der Waals surface area (Å²) in [4.78, 5) is 54.2. The van der Waals surface area contributed by atoms with Gasteiger partial charge >= 0.3 is 11.9 Å². The van der Waals surface area contributed by atoms with Crippen molar-refractivity contribution in [1.82, 2.24) is 4.57 Å². The minimum Gasteiger partial charge on any atom is -0.427 e. The van der Waals surface area contributed by atoms with Crippen molar-refractivity contribution >= 4 is 51.0 Å². The predicted molar refractivity (Wildman–Crippen MR) is 168 cm³/mol. The highest BCUT2D eigenvalue weighted by Gasteiger charge is 2.20. The number of aromatic nitrogens is 1. The number of ketones is 2. The van der Waals surface area contributed by atoms with Crippen molar-refractivity contribution in [3.63, 3.8) is 0 Å². The van der Waals surface area contributed by atoms with E-state index >= 15 is 0 Å². The summed E-state index contributed by atoms with van der Waals surface area (Å²) >= 11 is 0. The Morgan fingerprint density at radius 1 is 0.791 bits per heavy atom. The van der Waals surface area contributed by atoms with Gasteiger partial charge in [-0.3, -0.25) is 14.4 Å². The van der Waals surface area contributed by atoms with E-state index in [-0.39, 0.29) is 17.3 Å². The Morgan fingerprint density at radius 2 is 1.40 bits per heavy atom. The number of ether oxygens (including phenoxy) is 1. The van der Waals surface area contributed by atoms with Gasteiger partial charge in [-0.25, -0.2) is 4.79 Å². The van der Waals surface area contributed by atoms with Crippen LogP contribution in [0.2, 0.25) is 0 Å². The maximum atomic E-state index is 13.5. The van der Waals surface area contributed by atoms with Gasteiger partial charge in [-0.05, 0) is 79.4 Å². The topological polar surface area (TPSA) is 104 Å².